The molecule has 11 heteroatoms. The van der Waals surface area contributed by atoms with Crippen molar-refractivity contribution < 1.29 is 28.8 Å². The van der Waals surface area contributed by atoms with Crippen LogP contribution in [-0.4, -0.2) is 41.3 Å². The number of imide groups is 1. The van der Waals surface area contributed by atoms with Gasteiger partial charge in [0.25, 0.3) is 17.5 Å². The Kier molecular flexibility index (Phi) is 9.05. The molecule has 0 unspecified atom stereocenters. The van der Waals surface area contributed by atoms with Gasteiger partial charge >= 0.3 is 5.97 Å². The molecule has 0 aliphatic rings. The van der Waals surface area contributed by atoms with Gasteiger partial charge in [-0.25, -0.2) is 4.79 Å². The van der Waals surface area contributed by atoms with Crippen LogP contribution in [0.4, 0.5) is 5.69 Å². The van der Waals surface area contributed by atoms with Crippen LogP contribution >= 0.6 is 11.6 Å². The number of nitrogens with zero attached hydrogens (tertiary/aromatic N) is 1. The minimum absolute atomic E-state index is 0.0127. The lowest BCUT2D eigenvalue weighted by Crippen LogP contribution is -2.46. The van der Waals surface area contributed by atoms with Crippen LogP contribution in [-0.2, 0) is 25.5 Å². The fourth-order valence-electron chi connectivity index (χ4n) is 2.76. The maximum Gasteiger partial charge on any atom is 0.329 e. The second-order valence-electron chi connectivity index (χ2n) is 7.36. The molecule has 3 amide bonds. The number of rotatable bonds is 9. The van der Waals surface area contributed by atoms with Crippen molar-refractivity contribution >= 4 is 41.0 Å². The van der Waals surface area contributed by atoms with E-state index in [4.69, 9.17) is 16.3 Å². The van der Waals surface area contributed by atoms with Crippen molar-refractivity contribution in [1.82, 2.24) is 10.6 Å². The van der Waals surface area contributed by atoms with Crippen LogP contribution in [0.5, 0.6) is 0 Å². The Morgan fingerprint density at radius 3 is 2.30 bits per heavy atom. The molecule has 174 valence electrons. The van der Waals surface area contributed by atoms with Crippen LogP contribution in [0.25, 0.3) is 0 Å². The molecular formula is C22H22ClN3O7. The number of esters is 1. The van der Waals surface area contributed by atoms with Gasteiger partial charge in [-0.1, -0.05) is 55.8 Å². The van der Waals surface area contributed by atoms with Gasteiger partial charge in [-0.3, -0.25) is 29.8 Å². The summed E-state index contributed by atoms with van der Waals surface area (Å²) < 4.78 is 4.96. The molecule has 2 aromatic carbocycles. The van der Waals surface area contributed by atoms with Gasteiger partial charge in [-0.05, 0) is 17.5 Å². The van der Waals surface area contributed by atoms with Crippen molar-refractivity contribution in [2.24, 2.45) is 5.92 Å². The second-order valence-corrected chi connectivity index (χ2v) is 7.77. The van der Waals surface area contributed by atoms with Crippen LogP contribution < -0.4 is 10.6 Å². The lowest BCUT2D eigenvalue weighted by molar-refractivity contribution is -0.384. The fourth-order valence-corrected chi connectivity index (χ4v) is 3.02. The number of carbonyl (C=O) groups is 4. The van der Waals surface area contributed by atoms with Crippen molar-refractivity contribution in [2.45, 2.75) is 26.3 Å². The van der Waals surface area contributed by atoms with Gasteiger partial charge in [0.15, 0.2) is 6.61 Å². The summed E-state index contributed by atoms with van der Waals surface area (Å²) in [7, 11) is 0. The van der Waals surface area contributed by atoms with Crippen molar-refractivity contribution in [1.29, 1.82) is 0 Å². The zero-order valence-corrected chi connectivity index (χ0v) is 18.6. The molecule has 0 saturated carbocycles. The standard InChI is InChI=1S/C22H22ClN3O7/c1-13(2)20(25-21(29)16-9-8-15(26(31)32)11-17(16)23)22(30)33-12-19(28)24-18(27)10-14-6-4-3-5-7-14/h3-9,11,13,20H,10,12H2,1-2H3,(H,25,29)(H,24,27,28)/t20-/m0/s1. The average Bonchev–Trinajstić information content (AvgIpc) is 2.75. The molecule has 0 bridgehead atoms. The van der Waals surface area contributed by atoms with Crippen LogP contribution in [0.1, 0.15) is 29.8 Å². The number of carbonyl (C=O) groups excluding carboxylic acids is 4. The highest BCUT2D eigenvalue weighted by atomic mass is 35.5. The number of nitro groups is 1. The molecule has 0 spiro atoms. The van der Waals surface area contributed by atoms with E-state index in [-0.39, 0.29) is 22.7 Å². The summed E-state index contributed by atoms with van der Waals surface area (Å²) in [5.41, 5.74) is 0.362. The van der Waals surface area contributed by atoms with E-state index in [1.54, 1.807) is 44.2 Å². The molecule has 2 rings (SSSR count). The van der Waals surface area contributed by atoms with E-state index in [1.165, 1.54) is 6.07 Å². The number of halogens is 1. The van der Waals surface area contributed by atoms with Crippen molar-refractivity contribution in [3.8, 4) is 0 Å². The summed E-state index contributed by atoms with van der Waals surface area (Å²) in [5.74, 6) is -3.41. The molecule has 0 heterocycles. The third-order valence-electron chi connectivity index (χ3n) is 4.45. The third kappa shape index (κ3) is 7.69. The monoisotopic (exact) mass is 475 g/mol. The molecule has 0 radical (unpaired) electrons. The Morgan fingerprint density at radius 2 is 1.73 bits per heavy atom. The smallest absolute Gasteiger partial charge is 0.329 e. The molecular weight excluding hydrogens is 454 g/mol. The number of amides is 3. The normalized spacial score (nSPS) is 11.4. The number of nitro benzene ring substituents is 1. The van der Waals surface area contributed by atoms with Gasteiger partial charge < -0.3 is 10.1 Å². The largest absolute Gasteiger partial charge is 0.454 e. The van der Waals surface area contributed by atoms with E-state index >= 15 is 0 Å². The number of benzene rings is 2. The molecule has 0 aliphatic heterocycles. The first kappa shape index (κ1) is 25.5. The van der Waals surface area contributed by atoms with Gasteiger partial charge in [0.1, 0.15) is 6.04 Å². The third-order valence-corrected chi connectivity index (χ3v) is 4.76. The zero-order chi connectivity index (χ0) is 24.5. The lowest BCUT2D eigenvalue weighted by atomic mass is 10.0. The SMILES string of the molecule is CC(C)[C@H](NC(=O)c1ccc([N+](=O)[O-])cc1Cl)C(=O)OCC(=O)NC(=O)Cc1ccccc1. The Morgan fingerprint density at radius 1 is 1.06 bits per heavy atom. The number of hydrogen-bond acceptors (Lipinski definition) is 7. The summed E-state index contributed by atoms with van der Waals surface area (Å²) in [6, 6.07) is 11.0. The molecule has 0 aliphatic carbocycles. The molecule has 2 N–H and O–H groups in total. The predicted molar refractivity (Wildman–Crippen MR) is 118 cm³/mol. The quantitative estimate of drug-likeness (QED) is 0.322. The van der Waals surface area contributed by atoms with Gasteiger partial charge in [-0.15, -0.1) is 0 Å². The molecule has 33 heavy (non-hydrogen) atoms. The van der Waals surface area contributed by atoms with E-state index in [2.05, 4.69) is 10.6 Å². The minimum Gasteiger partial charge on any atom is -0.454 e. The van der Waals surface area contributed by atoms with E-state index in [0.717, 1.165) is 12.1 Å². The van der Waals surface area contributed by atoms with Gasteiger partial charge in [0.05, 0.1) is 21.9 Å². The summed E-state index contributed by atoms with van der Waals surface area (Å²) in [5, 5.41) is 15.2. The summed E-state index contributed by atoms with van der Waals surface area (Å²) in [6.45, 7) is 2.58. The van der Waals surface area contributed by atoms with Crippen LogP contribution in [0.3, 0.4) is 0 Å². The first-order chi connectivity index (χ1) is 15.6. The van der Waals surface area contributed by atoms with E-state index in [0.29, 0.717) is 5.56 Å². The predicted octanol–water partition coefficient (Wildman–Crippen LogP) is 2.43. The molecule has 1 atom stereocenters. The molecule has 0 saturated heterocycles. The average molecular weight is 476 g/mol. The van der Waals surface area contributed by atoms with Crippen molar-refractivity contribution in [3.63, 3.8) is 0 Å². The Hall–Kier alpha value is -3.79. The Balaban J connectivity index is 1.92. The van der Waals surface area contributed by atoms with Crippen LogP contribution in [0.15, 0.2) is 48.5 Å². The molecule has 0 aromatic heterocycles. The van der Waals surface area contributed by atoms with Crippen molar-refractivity contribution in [2.75, 3.05) is 6.61 Å². The number of nitrogens with one attached hydrogen (secondary N) is 2. The highest BCUT2D eigenvalue weighted by Crippen LogP contribution is 2.22. The maximum atomic E-state index is 12.5. The number of hydrogen-bond donors (Lipinski definition) is 2. The second kappa shape index (κ2) is 11.7. The van der Waals surface area contributed by atoms with E-state index < -0.39 is 47.2 Å². The van der Waals surface area contributed by atoms with E-state index in [9.17, 15) is 29.3 Å². The Bertz CT molecular complexity index is 1060. The summed E-state index contributed by atoms with van der Waals surface area (Å²) >= 11 is 5.95. The fraction of sp³-hybridized carbons (Fsp3) is 0.273. The first-order valence-corrected chi connectivity index (χ1v) is 10.2. The van der Waals surface area contributed by atoms with E-state index in [1.807, 2.05) is 0 Å². The molecule has 10 nitrogen and oxygen atoms in total. The summed E-state index contributed by atoms with van der Waals surface area (Å²) in [4.78, 5) is 59.0. The topological polar surface area (TPSA) is 145 Å². The van der Waals surface area contributed by atoms with Crippen LogP contribution in [0, 0.1) is 16.0 Å². The maximum absolute atomic E-state index is 12.5. The first-order valence-electron chi connectivity index (χ1n) is 9.86. The lowest BCUT2D eigenvalue weighted by Gasteiger charge is -2.21. The van der Waals surface area contributed by atoms with Gasteiger partial charge in [-0.2, -0.15) is 0 Å². The highest BCUT2D eigenvalue weighted by Gasteiger charge is 2.28. The summed E-state index contributed by atoms with van der Waals surface area (Å²) in [6.07, 6.45) is -0.0127. The van der Waals surface area contributed by atoms with Crippen molar-refractivity contribution in [3.05, 3.63) is 74.8 Å². The van der Waals surface area contributed by atoms with Gasteiger partial charge in [0.2, 0.25) is 5.91 Å². The minimum atomic E-state index is -1.13. The molecule has 0 fully saturated rings. The zero-order valence-electron chi connectivity index (χ0n) is 17.9. The highest BCUT2D eigenvalue weighted by molar-refractivity contribution is 6.34. The number of non-ortho nitro benzene ring substituents is 1. The molecule has 2 aromatic rings. The Labute approximate surface area is 194 Å². The number of ether oxygens (including phenoxy) is 1. The van der Waals surface area contributed by atoms with Crippen LogP contribution in [0.2, 0.25) is 5.02 Å². The van der Waals surface area contributed by atoms with Gasteiger partial charge in [0, 0.05) is 12.1 Å².